The maximum atomic E-state index is 12.5. The summed E-state index contributed by atoms with van der Waals surface area (Å²) in [6.45, 7) is 2.09. The summed E-state index contributed by atoms with van der Waals surface area (Å²) >= 11 is 5.96. The Morgan fingerprint density at radius 1 is 1.36 bits per heavy atom. The van der Waals surface area contributed by atoms with Gasteiger partial charge >= 0.3 is 0 Å². The molecule has 1 aliphatic rings. The fraction of sp³-hybridized carbons (Fsp3) is 0.267. The number of benzene rings is 1. The summed E-state index contributed by atoms with van der Waals surface area (Å²) in [5.74, 6) is 0.735. The van der Waals surface area contributed by atoms with Crippen molar-refractivity contribution in [2.24, 2.45) is 0 Å². The Kier molecular flexibility index (Phi) is 3.11. The average Bonchev–Trinajstić information content (AvgIpc) is 3.11. The quantitative estimate of drug-likeness (QED) is 0.786. The Morgan fingerprint density at radius 2 is 2.27 bits per heavy atom. The Morgan fingerprint density at radius 3 is 3.18 bits per heavy atom. The lowest BCUT2D eigenvalue weighted by molar-refractivity contribution is -0.132. The molecule has 7 heteroatoms. The van der Waals surface area contributed by atoms with E-state index in [4.69, 9.17) is 11.6 Å². The van der Waals surface area contributed by atoms with Gasteiger partial charge in [0.2, 0.25) is 5.91 Å². The van der Waals surface area contributed by atoms with E-state index < -0.39 is 0 Å². The van der Waals surface area contributed by atoms with Gasteiger partial charge in [0.25, 0.3) is 0 Å². The second kappa shape index (κ2) is 5.14. The van der Waals surface area contributed by atoms with Crippen molar-refractivity contribution in [3.05, 3.63) is 47.3 Å². The van der Waals surface area contributed by atoms with E-state index in [1.165, 1.54) is 0 Å². The molecule has 4 rings (SSSR count). The lowest BCUT2D eigenvalue weighted by Gasteiger charge is -2.27. The van der Waals surface area contributed by atoms with Crippen LogP contribution >= 0.6 is 11.6 Å². The Labute approximate surface area is 131 Å². The third-order valence-corrected chi connectivity index (χ3v) is 4.16. The molecule has 0 saturated heterocycles. The zero-order valence-corrected chi connectivity index (χ0v) is 12.5. The van der Waals surface area contributed by atoms with Crippen LogP contribution in [0.4, 0.5) is 0 Å². The number of rotatable bonds is 2. The molecule has 0 spiro atoms. The lowest BCUT2D eigenvalue weighted by atomic mass is 10.2. The molecule has 0 aliphatic carbocycles. The first-order valence-electron chi connectivity index (χ1n) is 7.10. The molecule has 3 heterocycles. The van der Waals surface area contributed by atoms with E-state index in [1.807, 2.05) is 23.2 Å². The van der Waals surface area contributed by atoms with Gasteiger partial charge in [-0.05, 0) is 18.2 Å². The van der Waals surface area contributed by atoms with Gasteiger partial charge in [0, 0.05) is 24.3 Å². The van der Waals surface area contributed by atoms with Crippen LogP contribution in [0.5, 0.6) is 0 Å². The SMILES string of the molecule is O=C(Cc1nc2ccc(Cl)cc2[nH]1)N1CCn2cncc2C1. The third-order valence-electron chi connectivity index (χ3n) is 3.93. The number of nitrogens with one attached hydrogen (secondary N) is 1. The van der Waals surface area contributed by atoms with Crippen molar-refractivity contribution in [2.45, 2.75) is 19.5 Å². The number of aromatic nitrogens is 4. The molecule has 2 aromatic heterocycles. The molecule has 1 amide bonds. The van der Waals surface area contributed by atoms with Gasteiger partial charge in [-0.25, -0.2) is 9.97 Å². The minimum absolute atomic E-state index is 0.0672. The molecule has 0 saturated carbocycles. The highest BCUT2D eigenvalue weighted by molar-refractivity contribution is 6.31. The largest absolute Gasteiger partial charge is 0.342 e. The topological polar surface area (TPSA) is 66.8 Å². The minimum atomic E-state index is 0.0672. The molecule has 1 N–H and O–H groups in total. The van der Waals surface area contributed by atoms with Crippen molar-refractivity contribution in [2.75, 3.05) is 6.54 Å². The Bertz CT molecular complexity index is 853. The van der Waals surface area contributed by atoms with E-state index in [-0.39, 0.29) is 12.3 Å². The summed E-state index contributed by atoms with van der Waals surface area (Å²) in [6.07, 6.45) is 3.88. The number of hydrogen-bond acceptors (Lipinski definition) is 3. The summed E-state index contributed by atoms with van der Waals surface area (Å²) < 4.78 is 2.08. The summed E-state index contributed by atoms with van der Waals surface area (Å²) in [5.41, 5.74) is 2.74. The first-order chi connectivity index (χ1) is 10.7. The summed E-state index contributed by atoms with van der Waals surface area (Å²) in [4.78, 5) is 26.0. The molecule has 6 nitrogen and oxygen atoms in total. The number of nitrogens with zero attached hydrogens (tertiary/aromatic N) is 4. The van der Waals surface area contributed by atoms with E-state index in [0.29, 0.717) is 23.9 Å². The second-order valence-electron chi connectivity index (χ2n) is 5.42. The van der Waals surface area contributed by atoms with E-state index >= 15 is 0 Å². The van der Waals surface area contributed by atoms with Crippen LogP contribution in [0, 0.1) is 0 Å². The molecule has 1 aliphatic heterocycles. The van der Waals surface area contributed by atoms with E-state index in [2.05, 4.69) is 19.5 Å². The maximum Gasteiger partial charge on any atom is 0.230 e. The molecule has 22 heavy (non-hydrogen) atoms. The number of carbonyl (C=O) groups is 1. The lowest BCUT2D eigenvalue weighted by Crippen LogP contribution is -2.38. The molecule has 0 radical (unpaired) electrons. The number of fused-ring (bicyclic) bond motifs is 2. The number of hydrogen-bond donors (Lipinski definition) is 1. The van der Waals surface area contributed by atoms with Crippen LogP contribution in [-0.2, 0) is 24.3 Å². The number of aromatic amines is 1. The van der Waals surface area contributed by atoms with Crippen molar-refractivity contribution >= 4 is 28.5 Å². The van der Waals surface area contributed by atoms with Gasteiger partial charge in [-0.15, -0.1) is 0 Å². The highest BCUT2D eigenvalue weighted by atomic mass is 35.5. The van der Waals surface area contributed by atoms with Gasteiger partial charge in [-0.3, -0.25) is 4.79 Å². The van der Waals surface area contributed by atoms with Crippen LogP contribution in [0.15, 0.2) is 30.7 Å². The van der Waals surface area contributed by atoms with Crippen LogP contribution in [0.1, 0.15) is 11.5 Å². The molecule has 112 valence electrons. The monoisotopic (exact) mass is 315 g/mol. The van der Waals surface area contributed by atoms with Gasteiger partial charge in [0.1, 0.15) is 5.82 Å². The molecule has 0 fully saturated rings. The fourth-order valence-electron chi connectivity index (χ4n) is 2.77. The van der Waals surface area contributed by atoms with Gasteiger partial charge < -0.3 is 14.5 Å². The van der Waals surface area contributed by atoms with Crippen molar-refractivity contribution in [1.29, 1.82) is 0 Å². The predicted octanol–water partition coefficient (Wildman–Crippen LogP) is 2.00. The summed E-state index contributed by atoms with van der Waals surface area (Å²) in [6, 6.07) is 5.46. The number of amides is 1. The molecular formula is C15H14ClN5O. The molecule has 0 unspecified atom stereocenters. The summed E-state index contributed by atoms with van der Waals surface area (Å²) in [7, 11) is 0. The van der Waals surface area contributed by atoms with Crippen molar-refractivity contribution < 1.29 is 4.79 Å². The smallest absolute Gasteiger partial charge is 0.230 e. The standard InChI is InChI=1S/C15H14ClN5O/c16-10-1-2-12-13(5-10)19-14(18-12)6-15(22)20-3-4-21-9-17-7-11(21)8-20/h1-2,5,7,9H,3-4,6,8H2,(H,18,19). The maximum absolute atomic E-state index is 12.5. The molecule has 1 aromatic carbocycles. The normalized spacial score (nSPS) is 14.3. The molecule has 0 atom stereocenters. The third kappa shape index (κ3) is 2.35. The van der Waals surface area contributed by atoms with Crippen LogP contribution in [0.2, 0.25) is 5.02 Å². The number of halogens is 1. The van der Waals surface area contributed by atoms with Gasteiger partial charge in [-0.1, -0.05) is 11.6 Å². The van der Waals surface area contributed by atoms with Crippen molar-refractivity contribution in [3.8, 4) is 0 Å². The molecule has 0 bridgehead atoms. The molecule has 3 aromatic rings. The highest BCUT2D eigenvalue weighted by Crippen LogP contribution is 2.18. The Hall–Kier alpha value is -2.34. The van der Waals surface area contributed by atoms with Crippen LogP contribution in [0.25, 0.3) is 11.0 Å². The van der Waals surface area contributed by atoms with Crippen LogP contribution < -0.4 is 0 Å². The predicted molar refractivity (Wildman–Crippen MR) is 82.5 cm³/mol. The van der Waals surface area contributed by atoms with E-state index in [0.717, 1.165) is 23.3 Å². The first-order valence-corrected chi connectivity index (χ1v) is 7.48. The van der Waals surface area contributed by atoms with Crippen molar-refractivity contribution in [1.82, 2.24) is 24.4 Å². The number of imidazole rings is 2. The fourth-order valence-corrected chi connectivity index (χ4v) is 2.94. The zero-order valence-electron chi connectivity index (χ0n) is 11.8. The van der Waals surface area contributed by atoms with Gasteiger partial charge in [0.05, 0.1) is 36.0 Å². The zero-order chi connectivity index (χ0) is 15.1. The Balaban J connectivity index is 1.51. The van der Waals surface area contributed by atoms with Gasteiger partial charge in [0.15, 0.2) is 0 Å². The highest BCUT2D eigenvalue weighted by Gasteiger charge is 2.21. The number of H-pyrrole nitrogens is 1. The average molecular weight is 316 g/mol. The van der Waals surface area contributed by atoms with E-state index in [1.54, 1.807) is 12.4 Å². The number of carbonyl (C=O) groups excluding carboxylic acids is 1. The second-order valence-corrected chi connectivity index (χ2v) is 5.85. The summed E-state index contributed by atoms with van der Waals surface area (Å²) in [5, 5.41) is 0.651. The minimum Gasteiger partial charge on any atom is -0.342 e. The van der Waals surface area contributed by atoms with Gasteiger partial charge in [-0.2, -0.15) is 0 Å². The van der Waals surface area contributed by atoms with E-state index in [9.17, 15) is 4.79 Å². The first kappa shape index (κ1) is 13.3. The van der Waals surface area contributed by atoms with Crippen molar-refractivity contribution in [3.63, 3.8) is 0 Å². The van der Waals surface area contributed by atoms with Crippen LogP contribution in [0.3, 0.4) is 0 Å². The van der Waals surface area contributed by atoms with Crippen LogP contribution in [-0.4, -0.2) is 36.9 Å². The molecular weight excluding hydrogens is 302 g/mol.